The molecule has 9 heteroatoms. The van der Waals surface area contributed by atoms with Gasteiger partial charge in [-0.05, 0) is 63.1 Å². The highest BCUT2D eigenvalue weighted by atomic mass is 32.2. The Balaban J connectivity index is 1.79. The number of amides is 1. The number of piperidine rings is 1. The largest absolute Gasteiger partial charge is 0.492 e. The molecule has 1 aliphatic rings. The number of benzene rings is 2. The predicted molar refractivity (Wildman–Crippen MR) is 120 cm³/mol. The first-order valence-corrected chi connectivity index (χ1v) is 12.0. The Morgan fingerprint density at radius 3 is 2.62 bits per heavy atom. The van der Waals surface area contributed by atoms with Gasteiger partial charge in [0.1, 0.15) is 16.4 Å². The molecular weight excluding hydrogens is 430 g/mol. The lowest BCUT2D eigenvalue weighted by Crippen LogP contribution is -2.36. The Morgan fingerprint density at radius 1 is 1.19 bits per heavy atom. The smallest absolute Gasteiger partial charge is 0.265 e. The minimum Gasteiger partial charge on any atom is -0.492 e. The van der Waals surface area contributed by atoms with Gasteiger partial charge in [-0.15, -0.1) is 0 Å². The van der Waals surface area contributed by atoms with Crippen molar-refractivity contribution in [3.8, 4) is 17.6 Å². The fourth-order valence-electron chi connectivity index (χ4n) is 3.45. The minimum atomic E-state index is -3.75. The van der Waals surface area contributed by atoms with E-state index in [0.29, 0.717) is 36.7 Å². The normalized spacial score (nSPS) is 15.4. The molecule has 32 heavy (non-hydrogen) atoms. The van der Waals surface area contributed by atoms with Gasteiger partial charge in [-0.25, -0.2) is 8.42 Å². The van der Waals surface area contributed by atoms with Crippen molar-refractivity contribution in [3.05, 3.63) is 48.0 Å². The van der Waals surface area contributed by atoms with E-state index in [9.17, 15) is 13.2 Å². The van der Waals surface area contributed by atoms with Crippen molar-refractivity contribution < 1.29 is 22.7 Å². The molecule has 8 nitrogen and oxygen atoms in total. The number of hydrogen-bond donors (Lipinski definition) is 1. The van der Waals surface area contributed by atoms with Crippen molar-refractivity contribution in [1.29, 1.82) is 5.26 Å². The van der Waals surface area contributed by atoms with Gasteiger partial charge >= 0.3 is 0 Å². The van der Waals surface area contributed by atoms with E-state index < -0.39 is 22.0 Å². The lowest BCUT2D eigenvalue weighted by molar-refractivity contribution is -0.122. The monoisotopic (exact) mass is 457 g/mol. The molecule has 2 aromatic carbocycles. The van der Waals surface area contributed by atoms with Crippen molar-refractivity contribution >= 4 is 21.6 Å². The van der Waals surface area contributed by atoms with Crippen LogP contribution in [-0.4, -0.2) is 44.4 Å². The van der Waals surface area contributed by atoms with Gasteiger partial charge in [0, 0.05) is 18.8 Å². The summed E-state index contributed by atoms with van der Waals surface area (Å²) in [6, 6.07) is 13.1. The van der Waals surface area contributed by atoms with E-state index in [0.717, 1.165) is 19.3 Å². The van der Waals surface area contributed by atoms with Gasteiger partial charge in [-0.3, -0.25) is 4.79 Å². The highest BCUT2D eigenvalue weighted by Gasteiger charge is 2.29. The molecule has 1 unspecified atom stereocenters. The van der Waals surface area contributed by atoms with Crippen LogP contribution in [0.25, 0.3) is 0 Å². The van der Waals surface area contributed by atoms with Crippen molar-refractivity contribution in [3.63, 3.8) is 0 Å². The summed E-state index contributed by atoms with van der Waals surface area (Å²) in [5, 5.41) is 11.7. The number of ether oxygens (including phenoxy) is 2. The fraction of sp³-hybridized carbons (Fsp3) is 0.391. The molecule has 170 valence electrons. The average molecular weight is 458 g/mol. The number of rotatable bonds is 8. The van der Waals surface area contributed by atoms with E-state index in [-0.39, 0.29) is 10.6 Å². The van der Waals surface area contributed by atoms with Gasteiger partial charge in [0.2, 0.25) is 10.0 Å². The van der Waals surface area contributed by atoms with Crippen molar-refractivity contribution in [2.24, 2.45) is 0 Å². The highest BCUT2D eigenvalue weighted by Crippen LogP contribution is 2.31. The first-order chi connectivity index (χ1) is 15.3. The van der Waals surface area contributed by atoms with Crippen LogP contribution in [0, 0.1) is 11.3 Å². The van der Waals surface area contributed by atoms with Crippen molar-refractivity contribution in [2.75, 3.05) is 25.0 Å². The van der Waals surface area contributed by atoms with Gasteiger partial charge in [-0.2, -0.15) is 9.57 Å². The van der Waals surface area contributed by atoms with E-state index in [2.05, 4.69) is 5.32 Å². The van der Waals surface area contributed by atoms with Crippen LogP contribution in [0.3, 0.4) is 0 Å². The molecule has 0 aliphatic carbocycles. The summed E-state index contributed by atoms with van der Waals surface area (Å²) in [7, 11) is -3.75. The number of nitrogens with one attached hydrogen (secondary N) is 1. The minimum absolute atomic E-state index is 0.0364. The molecule has 0 spiro atoms. The number of carbonyl (C=O) groups excluding carboxylic acids is 1. The Morgan fingerprint density at radius 2 is 1.94 bits per heavy atom. The second kappa shape index (κ2) is 10.5. The van der Waals surface area contributed by atoms with Crippen LogP contribution < -0.4 is 14.8 Å². The number of sulfonamides is 1. The van der Waals surface area contributed by atoms with Crippen LogP contribution in [0.2, 0.25) is 0 Å². The summed E-state index contributed by atoms with van der Waals surface area (Å²) < 4.78 is 39.1. The fourth-order valence-corrected chi connectivity index (χ4v) is 5.12. The van der Waals surface area contributed by atoms with E-state index in [4.69, 9.17) is 14.7 Å². The van der Waals surface area contributed by atoms with E-state index in [1.165, 1.54) is 10.4 Å². The molecule has 1 fully saturated rings. The standard InChI is InChI=1S/C23H27N3O5S/c1-3-30-21-11-10-19(15-22(21)32(28,29)26-12-5-4-6-13-26)25-23(27)17(2)31-20-9-7-8-18(14-20)16-24/h7-11,14-15,17H,3-6,12-13H2,1-2H3,(H,25,27). The molecule has 3 rings (SSSR count). The molecule has 1 atom stereocenters. The summed E-state index contributed by atoms with van der Waals surface area (Å²) in [5.74, 6) is 0.207. The number of carbonyl (C=O) groups is 1. The van der Waals surface area contributed by atoms with Crippen LogP contribution in [0.15, 0.2) is 47.4 Å². The molecule has 2 aromatic rings. The zero-order valence-corrected chi connectivity index (χ0v) is 19.0. The van der Waals surface area contributed by atoms with E-state index in [1.54, 1.807) is 50.2 Å². The Labute approximate surface area is 188 Å². The van der Waals surface area contributed by atoms with Gasteiger partial charge in [-0.1, -0.05) is 12.5 Å². The Hall–Kier alpha value is -3.09. The summed E-state index contributed by atoms with van der Waals surface area (Å²) in [4.78, 5) is 12.7. The summed E-state index contributed by atoms with van der Waals surface area (Å²) in [6.45, 7) is 4.62. The van der Waals surface area contributed by atoms with Crippen LogP contribution in [-0.2, 0) is 14.8 Å². The summed E-state index contributed by atoms with van der Waals surface area (Å²) >= 11 is 0. The van der Waals surface area contributed by atoms with Gasteiger partial charge in [0.25, 0.3) is 5.91 Å². The third-order valence-electron chi connectivity index (χ3n) is 5.09. The number of anilines is 1. The van der Waals surface area contributed by atoms with Gasteiger partial charge < -0.3 is 14.8 Å². The molecule has 0 saturated carbocycles. The first kappa shape index (κ1) is 23.6. The second-order valence-electron chi connectivity index (χ2n) is 7.45. The maximum Gasteiger partial charge on any atom is 0.265 e. The number of nitrogens with zero attached hydrogens (tertiary/aromatic N) is 2. The number of nitriles is 1. The first-order valence-electron chi connectivity index (χ1n) is 10.6. The maximum absolute atomic E-state index is 13.2. The Bertz CT molecular complexity index is 1100. The van der Waals surface area contributed by atoms with Crippen LogP contribution in [0.5, 0.6) is 11.5 Å². The van der Waals surface area contributed by atoms with Gasteiger partial charge in [0.15, 0.2) is 6.10 Å². The van der Waals surface area contributed by atoms with Crippen LogP contribution in [0.4, 0.5) is 5.69 Å². The molecule has 1 aliphatic heterocycles. The Kier molecular flexibility index (Phi) is 7.72. The van der Waals surface area contributed by atoms with E-state index >= 15 is 0 Å². The quantitative estimate of drug-likeness (QED) is 0.649. The molecule has 1 N–H and O–H groups in total. The lowest BCUT2D eigenvalue weighted by Gasteiger charge is -2.27. The summed E-state index contributed by atoms with van der Waals surface area (Å²) in [5.41, 5.74) is 0.754. The molecule has 0 radical (unpaired) electrons. The SMILES string of the molecule is CCOc1ccc(NC(=O)C(C)Oc2cccc(C#N)c2)cc1S(=O)(=O)N1CCCCC1. The third-order valence-corrected chi connectivity index (χ3v) is 7.01. The topological polar surface area (TPSA) is 109 Å². The molecule has 1 heterocycles. The van der Waals surface area contributed by atoms with Gasteiger partial charge in [0.05, 0.1) is 18.2 Å². The predicted octanol–water partition coefficient (Wildman–Crippen LogP) is 3.54. The molecule has 1 amide bonds. The highest BCUT2D eigenvalue weighted by molar-refractivity contribution is 7.89. The average Bonchev–Trinajstić information content (AvgIpc) is 2.80. The summed E-state index contributed by atoms with van der Waals surface area (Å²) in [6.07, 6.45) is 1.79. The van der Waals surface area contributed by atoms with Crippen molar-refractivity contribution in [2.45, 2.75) is 44.1 Å². The molecular formula is C23H27N3O5S. The zero-order valence-electron chi connectivity index (χ0n) is 18.2. The molecule has 0 aromatic heterocycles. The third kappa shape index (κ3) is 5.58. The van der Waals surface area contributed by atoms with Crippen molar-refractivity contribution in [1.82, 2.24) is 4.31 Å². The van der Waals surface area contributed by atoms with Crippen LogP contribution >= 0.6 is 0 Å². The number of hydrogen-bond acceptors (Lipinski definition) is 6. The molecule has 1 saturated heterocycles. The maximum atomic E-state index is 13.2. The zero-order chi connectivity index (χ0) is 23.1. The van der Waals surface area contributed by atoms with E-state index in [1.807, 2.05) is 6.07 Å². The molecule has 0 bridgehead atoms. The second-order valence-corrected chi connectivity index (χ2v) is 9.35. The lowest BCUT2D eigenvalue weighted by atomic mass is 10.2. The van der Waals surface area contributed by atoms with Crippen LogP contribution in [0.1, 0.15) is 38.7 Å².